The van der Waals surface area contributed by atoms with Crippen LogP contribution in [-0.2, 0) is 4.74 Å². The molecule has 0 spiro atoms. The third kappa shape index (κ3) is 4.61. The van der Waals surface area contributed by atoms with Gasteiger partial charge in [-0.3, -0.25) is 10.4 Å². The van der Waals surface area contributed by atoms with Crippen LogP contribution in [0.1, 0.15) is 6.42 Å². The molecular formula is C15H25N5O. The quantitative estimate of drug-likeness (QED) is 0.274. The lowest BCUT2D eigenvalue weighted by atomic mass is 10.2. The number of para-hydroxylation sites is 1. The van der Waals surface area contributed by atoms with Crippen LogP contribution in [-0.4, -0.2) is 57.3 Å². The van der Waals surface area contributed by atoms with Gasteiger partial charge in [-0.05, 0) is 18.6 Å². The number of rotatable bonds is 5. The molecule has 1 fully saturated rings. The van der Waals surface area contributed by atoms with E-state index in [1.54, 1.807) is 7.11 Å². The van der Waals surface area contributed by atoms with Crippen molar-refractivity contribution in [1.29, 1.82) is 0 Å². The van der Waals surface area contributed by atoms with Crippen LogP contribution in [0.15, 0.2) is 35.3 Å². The molecule has 0 aromatic heterocycles. The molecule has 1 aromatic carbocycles. The molecule has 116 valence electrons. The largest absolute Gasteiger partial charge is 0.385 e. The molecule has 1 heterocycles. The summed E-state index contributed by atoms with van der Waals surface area (Å²) in [6.45, 7) is 5.24. The standard InChI is InChI=1S/C15H25N5O/c1-21-13-5-8-17-15(18-16)20-11-9-19(10-12-20)14-6-3-2-4-7-14/h2-4,6-7H,5,8-13,16H2,1H3,(H,17,18). The molecule has 0 radical (unpaired) electrons. The van der Waals surface area contributed by atoms with Crippen molar-refractivity contribution >= 4 is 11.6 Å². The van der Waals surface area contributed by atoms with E-state index in [-0.39, 0.29) is 0 Å². The van der Waals surface area contributed by atoms with Crippen LogP contribution in [0, 0.1) is 0 Å². The number of hydrazine groups is 1. The summed E-state index contributed by atoms with van der Waals surface area (Å²) in [6.07, 6.45) is 0.908. The highest BCUT2D eigenvalue weighted by atomic mass is 16.5. The Morgan fingerprint density at radius 2 is 1.95 bits per heavy atom. The number of methoxy groups -OCH3 is 1. The van der Waals surface area contributed by atoms with Gasteiger partial charge in [-0.2, -0.15) is 0 Å². The molecule has 21 heavy (non-hydrogen) atoms. The van der Waals surface area contributed by atoms with Gasteiger partial charge < -0.3 is 14.5 Å². The Labute approximate surface area is 126 Å². The molecule has 0 aliphatic carbocycles. The van der Waals surface area contributed by atoms with Gasteiger partial charge in [0.25, 0.3) is 0 Å². The summed E-state index contributed by atoms with van der Waals surface area (Å²) in [5, 5.41) is 0. The first-order valence-corrected chi connectivity index (χ1v) is 7.40. The van der Waals surface area contributed by atoms with E-state index in [2.05, 4.69) is 44.5 Å². The third-order valence-corrected chi connectivity index (χ3v) is 3.60. The van der Waals surface area contributed by atoms with Crippen molar-refractivity contribution in [2.45, 2.75) is 6.42 Å². The van der Waals surface area contributed by atoms with Gasteiger partial charge in [0.2, 0.25) is 5.96 Å². The van der Waals surface area contributed by atoms with Crippen molar-refractivity contribution in [3.63, 3.8) is 0 Å². The molecule has 0 atom stereocenters. The van der Waals surface area contributed by atoms with Gasteiger partial charge in [0, 0.05) is 52.1 Å². The zero-order valence-electron chi connectivity index (χ0n) is 12.7. The Balaban J connectivity index is 1.84. The molecule has 2 rings (SSSR count). The number of nitrogens with two attached hydrogens (primary N) is 1. The van der Waals surface area contributed by atoms with Crippen LogP contribution in [0.2, 0.25) is 0 Å². The Bertz CT molecular complexity index is 429. The third-order valence-electron chi connectivity index (χ3n) is 3.60. The average Bonchev–Trinajstić information content (AvgIpc) is 2.56. The van der Waals surface area contributed by atoms with Gasteiger partial charge in [-0.15, -0.1) is 0 Å². The Kier molecular flexibility index (Phi) is 6.30. The summed E-state index contributed by atoms with van der Waals surface area (Å²) < 4.78 is 5.02. The van der Waals surface area contributed by atoms with Crippen LogP contribution in [0.3, 0.4) is 0 Å². The summed E-state index contributed by atoms with van der Waals surface area (Å²) in [7, 11) is 1.70. The van der Waals surface area contributed by atoms with Crippen LogP contribution in [0.4, 0.5) is 5.69 Å². The number of nitrogens with one attached hydrogen (secondary N) is 1. The number of benzene rings is 1. The highest BCUT2D eigenvalue weighted by molar-refractivity contribution is 5.79. The topological polar surface area (TPSA) is 66.1 Å². The number of aliphatic imine (C=N–C) groups is 1. The van der Waals surface area contributed by atoms with Crippen molar-refractivity contribution in [2.24, 2.45) is 10.8 Å². The fraction of sp³-hybridized carbons (Fsp3) is 0.533. The normalized spacial score (nSPS) is 16.2. The average molecular weight is 291 g/mol. The van der Waals surface area contributed by atoms with Gasteiger partial charge in [-0.1, -0.05) is 18.2 Å². The van der Waals surface area contributed by atoms with Crippen molar-refractivity contribution in [1.82, 2.24) is 10.3 Å². The SMILES string of the molecule is COCCCN=C(NN)N1CCN(c2ccccc2)CC1. The zero-order chi connectivity index (χ0) is 14.9. The Morgan fingerprint density at radius 3 is 2.57 bits per heavy atom. The molecule has 3 N–H and O–H groups in total. The van der Waals surface area contributed by atoms with Crippen molar-refractivity contribution in [2.75, 3.05) is 51.3 Å². The molecule has 6 nitrogen and oxygen atoms in total. The molecule has 0 bridgehead atoms. The first-order chi connectivity index (χ1) is 10.3. The summed E-state index contributed by atoms with van der Waals surface area (Å²) in [5.41, 5.74) is 3.99. The van der Waals surface area contributed by atoms with E-state index in [0.717, 1.165) is 51.7 Å². The van der Waals surface area contributed by atoms with E-state index in [4.69, 9.17) is 10.6 Å². The minimum atomic E-state index is 0.725. The van der Waals surface area contributed by atoms with Crippen molar-refractivity contribution < 1.29 is 4.74 Å². The molecule has 1 aromatic rings. The minimum Gasteiger partial charge on any atom is -0.385 e. The number of nitrogens with zero attached hydrogens (tertiary/aromatic N) is 3. The maximum absolute atomic E-state index is 5.60. The van der Waals surface area contributed by atoms with Crippen LogP contribution >= 0.6 is 0 Å². The number of ether oxygens (including phenoxy) is 1. The van der Waals surface area contributed by atoms with Gasteiger partial charge >= 0.3 is 0 Å². The number of anilines is 1. The lowest BCUT2D eigenvalue weighted by Crippen LogP contribution is -2.54. The first kappa shape index (κ1) is 15.6. The maximum Gasteiger partial charge on any atom is 0.208 e. The van der Waals surface area contributed by atoms with E-state index in [0.29, 0.717) is 0 Å². The van der Waals surface area contributed by atoms with Crippen molar-refractivity contribution in [3.05, 3.63) is 30.3 Å². The van der Waals surface area contributed by atoms with E-state index in [1.165, 1.54) is 5.69 Å². The van der Waals surface area contributed by atoms with Crippen LogP contribution in [0.5, 0.6) is 0 Å². The first-order valence-electron chi connectivity index (χ1n) is 7.40. The summed E-state index contributed by atoms with van der Waals surface area (Å²) in [5.74, 6) is 6.37. The number of hydrogen-bond acceptors (Lipinski definition) is 4. The monoisotopic (exact) mass is 291 g/mol. The van der Waals surface area contributed by atoms with Crippen LogP contribution < -0.4 is 16.2 Å². The predicted molar refractivity (Wildman–Crippen MR) is 86.3 cm³/mol. The van der Waals surface area contributed by atoms with E-state index < -0.39 is 0 Å². The Morgan fingerprint density at radius 1 is 1.24 bits per heavy atom. The van der Waals surface area contributed by atoms with E-state index >= 15 is 0 Å². The predicted octanol–water partition coefficient (Wildman–Crippen LogP) is 0.664. The summed E-state index contributed by atoms with van der Waals surface area (Å²) in [6, 6.07) is 10.5. The summed E-state index contributed by atoms with van der Waals surface area (Å²) >= 11 is 0. The van der Waals surface area contributed by atoms with E-state index in [1.807, 2.05) is 6.07 Å². The van der Waals surface area contributed by atoms with Gasteiger partial charge in [0.05, 0.1) is 0 Å². The maximum atomic E-state index is 5.60. The second kappa shape index (κ2) is 8.49. The lowest BCUT2D eigenvalue weighted by Gasteiger charge is -2.37. The molecule has 1 saturated heterocycles. The van der Waals surface area contributed by atoms with Crippen LogP contribution in [0.25, 0.3) is 0 Å². The number of hydrogen-bond donors (Lipinski definition) is 2. The lowest BCUT2D eigenvalue weighted by molar-refractivity contribution is 0.197. The Hall–Kier alpha value is -1.79. The van der Waals surface area contributed by atoms with Crippen molar-refractivity contribution in [3.8, 4) is 0 Å². The molecular weight excluding hydrogens is 266 g/mol. The highest BCUT2D eigenvalue weighted by Crippen LogP contribution is 2.15. The molecule has 0 amide bonds. The molecule has 1 aliphatic heterocycles. The fourth-order valence-electron chi connectivity index (χ4n) is 2.45. The molecule has 6 heteroatoms. The minimum absolute atomic E-state index is 0.725. The fourth-order valence-corrected chi connectivity index (χ4v) is 2.45. The van der Waals surface area contributed by atoms with Gasteiger partial charge in [-0.25, -0.2) is 5.84 Å². The second-order valence-electron chi connectivity index (χ2n) is 5.01. The van der Waals surface area contributed by atoms with Gasteiger partial charge in [0.15, 0.2) is 0 Å². The molecule has 0 saturated carbocycles. The molecule has 1 aliphatic rings. The second-order valence-corrected chi connectivity index (χ2v) is 5.01. The van der Waals surface area contributed by atoms with Gasteiger partial charge in [0.1, 0.15) is 0 Å². The highest BCUT2D eigenvalue weighted by Gasteiger charge is 2.19. The molecule has 0 unspecified atom stereocenters. The number of guanidine groups is 1. The smallest absolute Gasteiger partial charge is 0.208 e. The summed E-state index contributed by atoms with van der Waals surface area (Å²) in [4.78, 5) is 9.09. The number of piperazine rings is 1. The van der Waals surface area contributed by atoms with E-state index in [9.17, 15) is 0 Å². The zero-order valence-corrected chi connectivity index (χ0v) is 12.7.